The molecule has 3 aromatic rings. The van der Waals surface area contributed by atoms with Crippen LogP contribution in [0.4, 0.5) is 0 Å². The zero-order valence-electron chi connectivity index (χ0n) is 10.3. The minimum absolute atomic E-state index is 0.266. The molecule has 0 atom stereocenters. The van der Waals surface area contributed by atoms with Crippen LogP contribution in [0.15, 0.2) is 15.0 Å². The third-order valence-electron chi connectivity index (χ3n) is 3.35. The highest BCUT2D eigenvalue weighted by Gasteiger charge is 2.18. The molecule has 0 unspecified atom stereocenters. The third kappa shape index (κ3) is 1.70. The minimum atomic E-state index is 0.266. The number of halogens is 1. The van der Waals surface area contributed by atoms with Crippen molar-refractivity contribution in [1.82, 2.24) is 0 Å². The first-order valence-corrected chi connectivity index (χ1v) is 6.45. The highest BCUT2D eigenvalue weighted by Crippen LogP contribution is 2.28. The van der Waals surface area contributed by atoms with E-state index in [-0.39, 0.29) is 5.46 Å². The topological polar surface area (TPSA) is 13.1 Å². The van der Waals surface area contributed by atoms with Gasteiger partial charge in [-0.25, -0.2) is 0 Å². The summed E-state index contributed by atoms with van der Waals surface area (Å²) in [5, 5.41) is 1.15. The Morgan fingerprint density at radius 2 is 1.35 bits per heavy atom. The lowest BCUT2D eigenvalue weighted by Crippen LogP contribution is -2.40. The fourth-order valence-electron chi connectivity index (χ4n) is 2.28. The Morgan fingerprint density at radius 1 is 0.700 bits per heavy atom. The molecule has 0 N–H and O–H groups in total. The monoisotopic (exact) mass is 306 g/mol. The molecule has 0 amide bonds. The van der Waals surface area contributed by atoms with Crippen LogP contribution in [0.5, 0.6) is 0 Å². The maximum absolute atomic E-state index is 6.04. The zero-order chi connectivity index (χ0) is 14.8. The SMILES string of the molecule is [B]c1cc([B])c2c(oc3c(Br)c([B])c([B])c([B])c32)c1[B]. The maximum Gasteiger partial charge on any atom is 0.148 e. The van der Waals surface area contributed by atoms with E-state index in [1.165, 1.54) is 0 Å². The van der Waals surface area contributed by atoms with Crippen LogP contribution in [0, 0.1) is 0 Å². The van der Waals surface area contributed by atoms with Gasteiger partial charge in [0.05, 0.1) is 4.47 Å². The molecule has 0 saturated heterocycles. The molecule has 0 aliphatic carbocycles. The van der Waals surface area contributed by atoms with E-state index < -0.39 is 0 Å². The fourth-order valence-corrected chi connectivity index (χ4v) is 2.77. The Labute approximate surface area is 132 Å². The van der Waals surface area contributed by atoms with Gasteiger partial charge in [-0.2, -0.15) is 0 Å². The first-order valence-electron chi connectivity index (χ1n) is 5.66. The molecule has 0 saturated carbocycles. The smallest absolute Gasteiger partial charge is 0.148 e. The number of fused-ring (bicyclic) bond motifs is 3. The van der Waals surface area contributed by atoms with E-state index >= 15 is 0 Å². The summed E-state index contributed by atoms with van der Waals surface area (Å²) in [5.74, 6) is 0. The summed E-state index contributed by atoms with van der Waals surface area (Å²) < 4.78 is 6.25. The summed E-state index contributed by atoms with van der Waals surface area (Å²) in [7, 11) is 35.5. The summed E-state index contributed by atoms with van der Waals surface area (Å²) in [6.07, 6.45) is 0. The van der Waals surface area contributed by atoms with Crippen LogP contribution in [0.25, 0.3) is 21.9 Å². The van der Waals surface area contributed by atoms with E-state index in [0.717, 1.165) is 0 Å². The van der Waals surface area contributed by atoms with Crippen molar-refractivity contribution >= 4 is 118 Å². The first kappa shape index (κ1) is 14.1. The molecule has 0 aliphatic rings. The van der Waals surface area contributed by atoms with Crippen molar-refractivity contribution < 1.29 is 4.42 Å². The molecule has 12 radical (unpaired) electrons. The number of hydrogen-bond acceptors (Lipinski definition) is 1. The highest BCUT2D eigenvalue weighted by molar-refractivity contribution is 9.10. The summed E-state index contributed by atoms with van der Waals surface area (Å²) >= 11 is 3.34. The van der Waals surface area contributed by atoms with Gasteiger partial charge in [-0.3, -0.25) is 0 Å². The molecule has 0 bridgehead atoms. The second kappa shape index (κ2) is 4.56. The molecule has 80 valence electrons. The van der Waals surface area contributed by atoms with Crippen molar-refractivity contribution in [2.24, 2.45) is 0 Å². The van der Waals surface area contributed by atoms with Crippen molar-refractivity contribution in [2.45, 2.75) is 0 Å². The van der Waals surface area contributed by atoms with E-state index in [1.807, 2.05) is 0 Å². The van der Waals surface area contributed by atoms with Gasteiger partial charge in [-0.05, 0) is 15.9 Å². The molecule has 2 aromatic carbocycles. The Morgan fingerprint density at radius 3 is 2.00 bits per heavy atom. The van der Waals surface area contributed by atoms with Gasteiger partial charge in [0.2, 0.25) is 0 Å². The molecule has 3 rings (SSSR count). The third-order valence-corrected chi connectivity index (χ3v) is 4.14. The fraction of sp³-hybridized carbons (Fsp3) is 0. The van der Waals surface area contributed by atoms with Crippen molar-refractivity contribution in [2.75, 3.05) is 0 Å². The Kier molecular flexibility index (Phi) is 3.20. The average Bonchev–Trinajstić information content (AvgIpc) is 2.81. The first-order chi connectivity index (χ1) is 9.34. The Bertz CT molecular complexity index is 885. The quantitative estimate of drug-likeness (QED) is 0.407. The molecular formula is C12HB6BrO. The van der Waals surface area contributed by atoms with Gasteiger partial charge in [-0.1, -0.05) is 27.9 Å². The van der Waals surface area contributed by atoms with E-state index in [4.69, 9.17) is 51.5 Å². The number of benzene rings is 2. The number of rotatable bonds is 0. The van der Waals surface area contributed by atoms with Gasteiger partial charge < -0.3 is 4.42 Å². The zero-order valence-corrected chi connectivity index (χ0v) is 11.9. The molecule has 0 fully saturated rings. The van der Waals surface area contributed by atoms with E-state index in [2.05, 4.69) is 15.9 Å². The number of hydrogen-bond donors (Lipinski definition) is 0. The van der Waals surface area contributed by atoms with Crippen molar-refractivity contribution in [1.29, 1.82) is 0 Å². The standard InChI is InChI=1S/C12HB6BrO/c13-2-1-3(14)6(15)11-4(2)5-7(16)8(17)9(18)10(19)12(5)20-11/h1H. The van der Waals surface area contributed by atoms with Gasteiger partial charge in [0, 0.05) is 10.8 Å². The minimum Gasteiger partial charge on any atom is -0.456 e. The van der Waals surface area contributed by atoms with E-state index in [0.29, 0.717) is 53.7 Å². The molecule has 0 spiro atoms. The Hall–Kier alpha value is -0.890. The van der Waals surface area contributed by atoms with Crippen LogP contribution in [0.1, 0.15) is 0 Å². The average molecular weight is 306 g/mol. The summed E-state index contributed by atoms with van der Waals surface area (Å²) in [6.45, 7) is 0. The normalized spacial score (nSPS) is 11.4. The summed E-state index contributed by atoms with van der Waals surface area (Å²) in [5.41, 5.74) is 2.73. The van der Waals surface area contributed by atoms with Crippen LogP contribution in [0.2, 0.25) is 0 Å². The second-order valence-electron chi connectivity index (χ2n) is 4.53. The van der Waals surface area contributed by atoms with Gasteiger partial charge in [0.25, 0.3) is 0 Å². The lowest BCUT2D eigenvalue weighted by Gasteiger charge is -2.11. The molecule has 20 heavy (non-hydrogen) atoms. The van der Waals surface area contributed by atoms with Gasteiger partial charge in [0.15, 0.2) is 0 Å². The van der Waals surface area contributed by atoms with Gasteiger partial charge in [0.1, 0.15) is 58.2 Å². The molecular weight excluding hydrogens is 305 g/mol. The van der Waals surface area contributed by atoms with E-state index in [9.17, 15) is 0 Å². The maximum atomic E-state index is 6.04. The van der Waals surface area contributed by atoms with Gasteiger partial charge in [-0.15, -0.1) is 10.9 Å². The van der Waals surface area contributed by atoms with Crippen LogP contribution in [-0.2, 0) is 0 Å². The van der Waals surface area contributed by atoms with Crippen LogP contribution < -0.4 is 32.8 Å². The van der Waals surface area contributed by atoms with Crippen molar-refractivity contribution in [3.63, 3.8) is 0 Å². The van der Waals surface area contributed by atoms with E-state index in [1.54, 1.807) is 6.07 Å². The summed E-state index contributed by atoms with van der Waals surface area (Å²) in [6, 6.07) is 1.56. The highest BCUT2D eigenvalue weighted by atomic mass is 79.9. The molecule has 1 nitrogen and oxygen atoms in total. The van der Waals surface area contributed by atoms with Crippen LogP contribution in [0.3, 0.4) is 0 Å². The number of furan rings is 1. The lowest BCUT2D eigenvalue weighted by atomic mass is 9.69. The summed E-state index contributed by atoms with van der Waals surface area (Å²) in [4.78, 5) is 0. The van der Waals surface area contributed by atoms with Crippen molar-refractivity contribution in [3.8, 4) is 0 Å². The second-order valence-corrected chi connectivity index (χ2v) is 5.33. The molecule has 0 aliphatic heterocycles. The predicted octanol–water partition coefficient (Wildman–Crippen LogP) is -2.89. The van der Waals surface area contributed by atoms with Crippen LogP contribution in [-0.4, -0.2) is 47.1 Å². The molecule has 1 aromatic heterocycles. The van der Waals surface area contributed by atoms with Crippen LogP contribution >= 0.6 is 15.9 Å². The van der Waals surface area contributed by atoms with Gasteiger partial charge >= 0.3 is 0 Å². The largest absolute Gasteiger partial charge is 0.456 e. The lowest BCUT2D eigenvalue weighted by molar-refractivity contribution is 0.670. The van der Waals surface area contributed by atoms with Crippen molar-refractivity contribution in [3.05, 3.63) is 10.5 Å². The molecule has 8 heteroatoms. The molecule has 1 heterocycles. The predicted molar refractivity (Wildman–Crippen MR) is 93.7 cm³/mol. The Balaban J connectivity index is 2.71.